The number of methoxy groups -OCH3 is 2. The number of ether oxygens (including phenoxy) is 2. The van der Waals surface area contributed by atoms with Crippen molar-refractivity contribution in [3.63, 3.8) is 0 Å². The van der Waals surface area contributed by atoms with Crippen molar-refractivity contribution in [2.24, 2.45) is 0 Å². The third-order valence-corrected chi connectivity index (χ3v) is 7.92. The van der Waals surface area contributed by atoms with Gasteiger partial charge in [0.15, 0.2) is 5.75 Å². The predicted molar refractivity (Wildman–Crippen MR) is 129 cm³/mol. The van der Waals surface area contributed by atoms with Crippen LogP contribution in [0, 0.1) is 0 Å². The van der Waals surface area contributed by atoms with Gasteiger partial charge >= 0.3 is 6.18 Å². The molecule has 0 bridgehead atoms. The summed E-state index contributed by atoms with van der Waals surface area (Å²) in [6, 6.07) is 9.45. The number of alkyl halides is 3. The van der Waals surface area contributed by atoms with E-state index in [0.717, 1.165) is 6.07 Å². The second kappa shape index (κ2) is 10.5. The Morgan fingerprint density at radius 1 is 1.05 bits per heavy atom. The number of aliphatic hydroxyl groups excluding tert-OH is 1. The highest BCUT2D eigenvalue weighted by Crippen LogP contribution is 2.36. The summed E-state index contributed by atoms with van der Waals surface area (Å²) < 4.78 is 76.4. The summed E-state index contributed by atoms with van der Waals surface area (Å²) in [5, 5.41) is 13.5. The Bertz CT molecular complexity index is 1340. The SMILES string of the molecule is COc1nccc(-c2ccc(S(=O)(=O)N3CC[C@@H](Nc4ccc(C(F)(F)F)cn4)[C@@H](O)C3)cc2)c1OC. The molecule has 3 heterocycles. The number of hydrogen-bond donors (Lipinski definition) is 2. The summed E-state index contributed by atoms with van der Waals surface area (Å²) in [6.07, 6.45) is -3.10. The van der Waals surface area contributed by atoms with Gasteiger partial charge in [-0.3, -0.25) is 0 Å². The molecule has 13 heteroatoms. The minimum Gasteiger partial charge on any atom is -0.491 e. The van der Waals surface area contributed by atoms with Crippen LogP contribution in [0.2, 0.25) is 0 Å². The minimum atomic E-state index is -4.50. The first-order valence-electron chi connectivity index (χ1n) is 11.2. The lowest BCUT2D eigenvalue weighted by atomic mass is 10.0. The number of halogens is 3. The van der Waals surface area contributed by atoms with Crippen LogP contribution in [0.1, 0.15) is 12.0 Å². The van der Waals surface area contributed by atoms with Crippen molar-refractivity contribution in [1.82, 2.24) is 14.3 Å². The van der Waals surface area contributed by atoms with Crippen molar-refractivity contribution >= 4 is 15.8 Å². The van der Waals surface area contributed by atoms with Crippen molar-refractivity contribution in [2.45, 2.75) is 29.6 Å². The largest absolute Gasteiger partial charge is 0.491 e. The van der Waals surface area contributed by atoms with Crippen LogP contribution in [-0.2, 0) is 16.2 Å². The average molecular weight is 539 g/mol. The summed E-state index contributed by atoms with van der Waals surface area (Å²) in [4.78, 5) is 7.90. The molecule has 2 atom stereocenters. The van der Waals surface area contributed by atoms with Gasteiger partial charge in [0, 0.05) is 31.0 Å². The van der Waals surface area contributed by atoms with Crippen molar-refractivity contribution in [3.8, 4) is 22.8 Å². The van der Waals surface area contributed by atoms with Crippen LogP contribution in [0.4, 0.5) is 19.0 Å². The smallest absolute Gasteiger partial charge is 0.417 e. The molecule has 2 aromatic heterocycles. The van der Waals surface area contributed by atoms with Crippen LogP contribution in [0.15, 0.2) is 59.8 Å². The number of rotatable bonds is 7. The molecule has 3 aromatic rings. The van der Waals surface area contributed by atoms with E-state index in [9.17, 15) is 26.7 Å². The molecule has 0 saturated carbocycles. The maximum atomic E-state index is 13.2. The normalized spacial score (nSPS) is 18.9. The maximum Gasteiger partial charge on any atom is 0.417 e. The number of sulfonamides is 1. The Morgan fingerprint density at radius 2 is 1.78 bits per heavy atom. The number of nitrogens with one attached hydrogen (secondary N) is 1. The molecule has 2 N–H and O–H groups in total. The molecular formula is C24H25F3N4O5S. The zero-order valence-electron chi connectivity index (χ0n) is 19.9. The lowest BCUT2D eigenvalue weighted by molar-refractivity contribution is -0.137. The first-order chi connectivity index (χ1) is 17.5. The summed E-state index contributed by atoms with van der Waals surface area (Å²) >= 11 is 0. The summed E-state index contributed by atoms with van der Waals surface area (Å²) in [5.41, 5.74) is 0.494. The Labute approximate surface area is 211 Å². The number of β-amino-alcohol motifs (C(OH)–C–C–N with tert-alkyl or cyclic N) is 1. The van der Waals surface area contributed by atoms with Crippen molar-refractivity contribution in [3.05, 3.63) is 60.4 Å². The Morgan fingerprint density at radius 3 is 2.35 bits per heavy atom. The molecule has 1 aliphatic rings. The van der Waals surface area contributed by atoms with Crippen molar-refractivity contribution in [2.75, 3.05) is 32.6 Å². The number of benzene rings is 1. The standard InChI is InChI=1S/C24H25F3N4O5S/c1-35-22-18(9-11-28-23(22)36-2)15-3-6-17(7-4-15)37(33,34)31-12-10-19(20(32)14-31)30-21-8-5-16(13-29-21)24(25,26)27/h3-9,11,13,19-20,32H,10,12,14H2,1-2H3,(H,29,30)/t19-,20+/m1/s1. The third kappa shape index (κ3) is 5.63. The van der Waals surface area contributed by atoms with Gasteiger partial charge in [-0.2, -0.15) is 17.5 Å². The number of pyridine rings is 2. The van der Waals surface area contributed by atoms with Crippen LogP contribution in [0.25, 0.3) is 11.1 Å². The van der Waals surface area contributed by atoms with E-state index in [4.69, 9.17) is 9.47 Å². The Balaban J connectivity index is 1.45. The molecule has 0 aliphatic carbocycles. The minimum absolute atomic E-state index is 0.0549. The monoisotopic (exact) mass is 538 g/mol. The summed E-state index contributed by atoms with van der Waals surface area (Å²) in [6.45, 7) is -0.0768. The van der Waals surface area contributed by atoms with Gasteiger partial charge in [-0.15, -0.1) is 0 Å². The highest BCUT2D eigenvalue weighted by molar-refractivity contribution is 7.89. The van der Waals surface area contributed by atoms with E-state index in [-0.39, 0.29) is 30.2 Å². The van der Waals surface area contributed by atoms with Crippen molar-refractivity contribution < 1.29 is 36.2 Å². The molecule has 1 aliphatic heterocycles. The molecule has 0 spiro atoms. The second-order valence-corrected chi connectivity index (χ2v) is 10.3. The number of nitrogens with zero attached hydrogens (tertiary/aromatic N) is 3. The number of anilines is 1. The molecule has 198 valence electrons. The molecule has 1 fully saturated rings. The lowest BCUT2D eigenvalue weighted by Crippen LogP contribution is -2.51. The number of aliphatic hydroxyl groups is 1. The van der Waals surface area contributed by atoms with Crippen LogP contribution in [0.3, 0.4) is 0 Å². The fourth-order valence-electron chi connectivity index (χ4n) is 4.08. The average Bonchev–Trinajstić information content (AvgIpc) is 2.89. The molecule has 0 amide bonds. The highest BCUT2D eigenvalue weighted by Gasteiger charge is 2.35. The third-order valence-electron chi connectivity index (χ3n) is 6.04. The van der Waals surface area contributed by atoms with Gasteiger partial charge in [0.05, 0.1) is 36.8 Å². The van der Waals surface area contributed by atoms with Gasteiger partial charge in [-0.05, 0) is 42.3 Å². The van der Waals surface area contributed by atoms with E-state index in [0.29, 0.717) is 29.0 Å². The number of aromatic nitrogens is 2. The first kappa shape index (κ1) is 26.6. The fourth-order valence-corrected chi connectivity index (χ4v) is 5.55. The van der Waals surface area contributed by atoms with Gasteiger partial charge in [0.1, 0.15) is 5.82 Å². The van der Waals surface area contributed by atoms with E-state index in [1.807, 2.05) is 0 Å². The Kier molecular flexibility index (Phi) is 7.57. The lowest BCUT2D eigenvalue weighted by Gasteiger charge is -2.35. The van der Waals surface area contributed by atoms with E-state index >= 15 is 0 Å². The topological polar surface area (TPSA) is 114 Å². The van der Waals surface area contributed by atoms with Crippen molar-refractivity contribution in [1.29, 1.82) is 0 Å². The van der Waals surface area contributed by atoms with Crippen LogP contribution in [0.5, 0.6) is 11.6 Å². The molecule has 37 heavy (non-hydrogen) atoms. The van der Waals surface area contributed by atoms with Gasteiger partial charge < -0.3 is 19.9 Å². The zero-order valence-corrected chi connectivity index (χ0v) is 20.8. The molecule has 0 unspecified atom stereocenters. The van der Waals surface area contributed by atoms with E-state index in [1.54, 1.807) is 24.4 Å². The predicted octanol–water partition coefficient (Wildman–Crippen LogP) is 3.42. The number of piperidine rings is 1. The van der Waals surface area contributed by atoms with Crippen LogP contribution >= 0.6 is 0 Å². The molecule has 1 saturated heterocycles. The van der Waals surface area contributed by atoms with Crippen LogP contribution < -0.4 is 14.8 Å². The molecule has 1 aromatic carbocycles. The molecule has 0 radical (unpaired) electrons. The zero-order chi connectivity index (χ0) is 26.8. The maximum absolute atomic E-state index is 13.2. The van der Waals surface area contributed by atoms with E-state index in [2.05, 4.69) is 15.3 Å². The molecular weight excluding hydrogens is 513 g/mol. The first-order valence-corrected chi connectivity index (χ1v) is 12.6. The van der Waals surface area contributed by atoms with Gasteiger partial charge in [0.25, 0.3) is 5.88 Å². The summed E-state index contributed by atoms with van der Waals surface area (Å²) in [5.74, 6) is 0.876. The van der Waals surface area contributed by atoms with Crippen LogP contribution in [-0.4, -0.2) is 67.3 Å². The quantitative estimate of drug-likeness (QED) is 0.471. The molecule has 9 nitrogen and oxygen atoms in total. The highest BCUT2D eigenvalue weighted by atomic mass is 32.2. The number of hydrogen-bond acceptors (Lipinski definition) is 8. The van der Waals surface area contributed by atoms with E-state index in [1.165, 1.54) is 36.7 Å². The fraction of sp³-hybridized carbons (Fsp3) is 0.333. The van der Waals surface area contributed by atoms with Gasteiger partial charge in [0.2, 0.25) is 10.0 Å². The molecule has 4 rings (SSSR count). The second-order valence-electron chi connectivity index (χ2n) is 8.33. The van der Waals surface area contributed by atoms with E-state index < -0.39 is 33.9 Å². The van der Waals surface area contributed by atoms with Gasteiger partial charge in [-0.1, -0.05) is 12.1 Å². The summed E-state index contributed by atoms with van der Waals surface area (Å²) in [7, 11) is -0.949. The Hall–Kier alpha value is -3.42. The van der Waals surface area contributed by atoms with Gasteiger partial charge in [-0.25, -0.2) is 18.4 Å².